The summed E-state index contributed by atoms with van der Waals surface area (Å²) in [6.07, 6.45) is 11.2. The van der Waals surface area contributed by atoms with Gasteiger partial charge in [-0.25, -0.2) is 4.79 Å². The summed E-state index contributed by atoms with van der Waals surface area (Å²) < 4.78 is 16.8. The highest BCUT2D eigenvalue weighted by Crippen LogP contribution is 2.26. The molecule has 32 heavy (non-hydrogen) atoms. The quantitative estimate of drug-likeness (QED) is 0.442. The average molecular weight is 442 g/mol. The molecule has 0 N–H and O–H groups in total. The summed E-state index contributed by atoms with van der Waals surface area (Å²) in [5, 5.41) is 0. The van der Waals surface area contributed by atoms with Crippen molar-refractivity contribution < 1.29 is 19.0 Å². The van der Waals surface area contributed by atoms with Crippen molar-refractivity contribution in [2.45, 2.75) is 59.5 Å². The number of fused-ring (bicyclic) bond motifs is 1. The van der Waals surface area contributed by atoms with Crippen LogP contribution in [0.15, 0.2) is 59.9 Å². The van der Waals surface area contributed by atoms with E-state index in [0.29, 0.717) is 26.2 Å². The van der Waals surface area contributed by atoms with E-state index >= 15 is 0 Å². The van der Waals surface area contributed by atoms with Gasteiger partial charge in [-0.3, -0.25) is 0 Å². The maximum Gasteiger partial charge on any atom is 0.335 e. The van der Waals surface area contributed by atoms with Crippen molar-refractivity contribution in [2.75, 3.05) is 37.8 Å². The Balaban J connectivity index is 0.00000176. The third kappa shape index (κ3) is 7.86. The third-order valence-corrected chi connectivity index (χ3v) is 5.33. The summed E-state index contributed by atoms with van der Waals surface area (Å²) in [6.45, 7) is 11.1. The van der Waals surface area contributed by atoms with E-state index in [4.69, 9.17) is 14.2 Å². The maximum atomic E-state index is 12.1. The number of aryl methyl sites for hydroxylation is 1. The minimum Gasteiger partial charge on any atom is -0.496 e. The lowest BCUT2D eigenvalue weighted by atomic mass is 10.0. The number of esters is 1. The fourth-order valence-corrected chi connectivity index (χ4v) is 3.88. The molecular formula is C27H39NO4. The minimum atomic E-state index is -0.569. The molecule has 1 aliphatic carbocycles. The molecule has 1 aliphatic heterocycles. The van der Waals surface area contributed by atoms with Crippen LogP contribution in [0.5, 0.6) is 0 Å². The number of anilines is 1. The number of ether oxygens (including phenoxy) is 3. The Labute approximate surface area is 193 Å². The number of carbonyl (C=O) groups excluding carboxylic acids is 1. The van der Waals surface area contributed by atoms with Crippen LogP contribution in [0.1, 0.15) is 52.5 Å². The number of nitrogens with zero attached hydrogens (tertiary/aromatic N) is 1. The highest BCUT2D eigenvalue weighted by Gasteiger charge is 2.21. The van der Waals surface area contributed by atoms with Crippen molar-refractivity contribution in [1.29, 1.82) is 0 Å². The van der Waals surface area contributed by atoms with Gasteiger partial charge in [0.15, 0.2) is 6.10 Å². The van der Waals surface area contributed by atoms with Crippen LogP contribution in [0.4, 0.5) is 5.69 Å². The molecule has 3 rings (SSSR count). The highest BCUT2D eigenvalue weighted by atomic mass is 16.6. The zero-order valence-electron chi connectivity index (χ0n) is 20.1. The molecule has 0 spiro atoms. The van der Waals surface area contributed by atoms with Crippen LogP contribution in [0.3, 0.4) is 0 Å². The maximum absolute atomic E-state index is 12.1. The molecule has 1 atom stereocenters. The molecule has 5 nitrogen and oxygen atoms in total. The van der Waals surface area contributed by atoms with E-state index in [1.807, 2.05) is 39.0 Å². The van der Waals surface area contributed by atoms with Crippen LogP contribution in [-0.4, -0.2) is 45.0 Å². The molecule has 0 saturated carbocycles. The predicted molar refractivity (Wildman–Crippen MR) is 131 cm³/mol. The molecule has 5 heteroatoms. The summed E-state index contributed by atoms with van der Waals surface area (Å²) >= 11 is 0. The van der Waals surface area contributed by atoms with Gasteiger partial charge in [0, 0.05) is 31.7 Å². The van der Waals surface area contributed by atoms with Gasteiger partial charge in [0.25, 0.3) is 0 Å². The van der Waals surface area contributed by atoms with E-state index in [2.05, 4.69) is 35.2 Å². The minimum absolute atomic E-state index is 0.305. The molecular weight excluding hydrogens is 402 g/mol. The molecule has 0 aromatic heterocycles. The first-order valence-electron chi connectivity index (χ1n) is 12.0. The molecule has 176 valence electrons. The van der Waals surface area contributed by atoms with Gasteiger partial charge < -0.3 is 19.1 Å². The SMILES string of the molecule is CC.CCOC(=O)C(CC1=CC=C(OCCN2CCCc3ccccc32)CC=C1)OCC. The molecule has 2 aliphatic rings. The van der Waals surface area contributed by atoms with Gasteiger partial charge in [-0.2, -0.15) is 0 Å². The lowest BCUT2D eigenvalue weighted by Crippen LogP contribution is -2.32. The number of hydrogen-bond donors (Lipinski definition) is 0. The van der Waals surface area contributed by atoms with Crippen LogP contribution in [0, 0.1) is 0 Å². The molecule has 1 aromatic rings. The Morgan fingerprint density at radius 3 is 2.72 bits per heavy atom. The van der Waals surface area contributed by atoms with Crippen molar-refractivity contribution in [3.8, 4) is 0 Å². The summed E-state index contributed by atoms with van der Waals surface area (Å²) in [5.41, 5.74) is 3.80. The van der Waals surface area contributed by atoms with Crippen molar-refractivity contribution in [1.82, 2.24) is 0 Å². The number of rotatable bonds is 10. The van der Waals surface area contributed by atoms with Gasteiger partial charge in [-0.15, -0.1) is 0 Å². The monoisotopic (exact) mass is 441 g/mol. The van der Waals surface area contributed by atoms with Crippen LogP contribution in [-0.2, 0) is 25.4 Å². The number of para-hydroxylation sites is 1. The lowest BCUT2D eigenvalue weighted by molar-refractivity contribution is -0.156. The molecule has 0 radical (unpaired) electrons. The summed E-state index contributed by atoms with van der Waals surface area (Å²) in [4.78, 5) is 14.5. The molecule has 0 fully saturated rings. The Kier molecular flexibility index (Phi) is 11.7. The second-order valence-corrected chi connectivity index (χ2v) is 7.45. The first kappa shape index (κ1) is 25.7. The largest absolute Gasteiger partial charge is 0.496 e. The summed E-state index contributed by atoms with van der Waals surface area (Å²) in [5.74, 6) is 0.635. The summed E-state index contributed by atoms with van der Waals surface area (Å²) in [7, 11) is 0. The van der Waals surface area contributed by atoms with E-state index in [1.165, 1.54) is 17.7 Å². The van der Waals surface area contributed by atoms with Crippen molar-refractivity contribution >= 4 is 11.7 Å². The van der Waals surface area contributed by atoms with Gasteiger partial charge in [0.1, 0.15) is 6.61 Å². The van der Waals surface area contributed by atoms with Crippen LogP contribution in [0.25, 0.3) is 0 Å². The second kappa shape index (κ2) is 14.5. The first-order chi connectivity index (χ1) is 15.7. The number of carbonyl (C=O) groups is 1. The average Bonchev–Trinajstić information content (AvgIpc) is 3.05. The van der Waals surface area contributed by atoms with Gasteiger partial charge >= 0.3 is 5.97 Å². The predicted octanol–water partition coefficient (Wildman–Crippen LogP) is 5.61. The van der Waals surface area contributed by atoms with Gasteiger partial charge in [0.05, 0.1) is 18.9 Å². The fraction of sp³-hybridized carbons (Fsp3) is 0.519. The molecule has 0 bridgehead atoms. The Hall–Kier alpha value is -2.53. The topological polar surface area (TPSA) is 48.0 Å². The van der Waals surface area contributed by atoms with Crippen molar-refractivity contribution in [3.63, 3.8) is 0 Å². The van der Waals surface area contributed by atoms with Crippen molar-refractivity contribution in [3.05, 3.63) is 65.5 Å². The summed E-state index contributed by atoms with van der Waals surface area (Å²) in [6, 6.07) is 8.65. The number of hydrogen-bond acceptors (Lipinski definition) is 5. The van der Waals surface area contributed by atoms with Crippen LogP contribution in [0.2, 0.25) is 0 Å². The van der Waals surface area contributed by atoms with Crippen molar-refractivity contribution in [2.24, 2.45) is 0 Å². The highest BCUT2D eigenvalue weighted by molar-refractivity contribution is 5.75. The molecule has 1 unspecified atom stereocenters. The number of allylic oxidation sites excluding steroid dienone is 4. The van der Waals surface area contributed by atoms with Gasteiger partial charge in [-0.05, 0) is 50.0 Å². The normalized spacial score (nSPS) is 15.9. The lowest BCUT2D eigenvalue weighted by Gasteiger charge is -2.31. The van der Waals surface area contributed by atoms with Crippen LogP contribution >= 0.6 is 0 Å². The van der Waals surface area contributed by atoms with E-state index in [9.17, 15) is 4.79 Å². The van der Waals surface area contributed by atoms with E-state index in [1.54, 1.807) is 6.92 Å². The van der Waals surface area contributed by atoms with E-state index in [0.717, 1.165) is 37.3 Å². The second-order valence-electron chi connectivity index (χ2n) is 7.45. The fourth-order valence-electron chi connectivity index (χ4n) is 3.88. The van der Waals surface area contributed by atoms with Gasteiger partial charge in [-0.1, -0.05) is 50.3 Å². The Bertz CT molecular complexity index is 797. The van der Waals surface area contributed by atoms with Crippen LogP contribution < -0.4 is 4.90 Å². The van der Waals surface area contributed by atoms with Gasteiger partial charge in [0.2, 0.25) is 0 Å². The Morgan fingerprint density at radius 1 is 1.12 bits per heavy atom. The molecule has 0 saturated heterocycles. The number of benzene rings is 1. The smallest absolute Gasteiger partial charge is 0.335 e. The Morgan fingerprint density at radius 2 is 1.94 bits per heavy atom. The standard InChI is InChI=1S/C25H33NO4.C2H6/c1-3-28-24(25(27)29-4-2)19-20-9-7-12-22(15-14-20)30-18-17-26-16-8-11-21-10-5-6-13-23(21)26;1-2/h5-7,9-10,13-15,24H,3-4,8,11-12,16-19H2,1-2H3;1-2H3. The molecule has 1 heterocycles. The van der Waals surface area contributed by atoms with E-state index < -0.39 is 6.10 Å². The first-order valence-corrected chi connectivity index (χ1v) is 12.0. The zero-order chi connectivity index (χ0) is 23.2. The van der Waals surface area contributed by atoms with E-state index in [-0.39, 0.29) is 5.97 Å². The zero-order valence-corrected chi connectivity index (χ0v) is 20.1. The third-order valence-electron chi connectivity index (χ3n) is 5.33. The molecule has 1 aromatic carbocycles. The molecule has 0 amide bonds.